The van der Waals surface area contributed by atoms with E-state index in [0.717, 1.165) is 24.8 Å². The topological polar surface area (TPSA) is 55.8 Å². The van der Waals surface area contributed by atoms with E-state index in [9.17, 15) is 23.1 Å². The molecule has 2 N–H and O–H groups in total. The van der Waals surface area contributed by atoms with Crippen LogP contribution in [-0.2, 0) is 17.4 Å². The van der Waals surface area contributed by atoms with Crippen molar-refractivity contribution in [2.24, 2.45) is 5.92 Å². The fraction of sp³-hybridized carbons (Fsp3) is 0.480. The number of para-hydroxylation sites is 1. The molecule has 2 heterocycles. The minimum Gasteiger partial charge on any atom is -0.388 e. The van der Waals surface area contributed by atoms with E-state index in [-0.39, 0.29) is 11.8 Å². The summed E-state index contributed by atoms with van der Waals surface area (Å²) in [6, 6.07) is 13.6. The number of benzene rings is 2. The van der Waals surface area contributed by atoms with Crippen LogP contribution in [0.15, 0.2) is 48.5 Å². The van der Waals surface area contributed by atoms with Crippen LogP contribution < -0.4 is 10.2 Å². The molecule has 2 aromatic rings. The highest BCUT2D eigenvalue weighted by Crippen LogP contribution is 2.40. The number of rotatable bonds is 3. The van der Waals surface area contributed by atoms with Crippen LogP contribution in [0.5, 0.6) is 0 Å². The maximum atomic E-state index is 13.0. The van der Waals surface area contributed by atoms with Crippen LogP contribution in [0.3, 0.4) is 0 Å². The molecule has 1 spiro atoms. The van der Waals surface area contributed by atoms with Crippen molar-refractivity contribution in [2.45, 2.75) is 43.5 Å². The third-order valence-electron chi connectivity index (χ3n) is 7.60. The van der Waals surface area contributed by atoms with Gasteiger partial charge in [0, 0.05) is 31.2 Å². The molecule has 8 heteroatoms. The molecule has 2 saturated heterocycles. The molecular weight excluding hydrogens is 431 g/mol. The van der Waals surface area contributed by atoms with E-state index in [0.29, 0.717) is 50.0 Å². The van der Waals surface area contributed by atoms with Crippen molar-refractivity contribution in [1.29, 1.82) is 0 Å². The average Bonchev–Trinajstić information content (AvgIpc) is 3.12. The molecular formula is C25H28F3N3O2. The van der Waals surface area contributed by atoms with Gasteiger partial charge < -0.3 is 20.2 Å². The van der Waals surface area contributed by atoms with Crippen molar-refractivity contribution in [3.05, 3.63) is 65.2 Å². The average molecular weight is 460 g/mol. The Labute approximate surface area is 191 Å². The van der Waals surface area contributed by atoms with Crippen LogP contribution in [0.4, 0.5) is 18.9 Å². The summed E-state index contributed by atoms with van der Waals surface area (Å²) in [5.41, 5.74) is 1.02. The standard InChI is InChI=1S/C25H28F3N3O2/c26-25(27,28)19-8-9-21-17(14-19)6-7-18(22(21)32)15-30-12-10-24(11-13-30)23(33)29-16-31(24)20-4-2-1-3-5-20/h1-5,8-9,14,18,22,32H,6-7,10-13,15-16H2,(H,29,33). The Morgan fingerprint density at radius 1 is 1.09 bits per heavy atom. The van der Waals surface area contributed by atoms with Crippen molar-refractivity contribution in [2.75, 3.05) is 31.2 Å². The maximum absolute atomic E-state index is 13.0. The summed E-state index contributed by atoms with van der Waals surface area (Å²) in [6.45, 7) is 2.64. The number of halogens is 3. The van der Waals surface area contributed by atoms with Gasteiger partial charge in [-0.2, -0.15) is 13.2 Å². The van der Waals surface area contributed by atoms with Crippen LogP contribution in [0.2, 0.25) is 0 Å². The molecule has 2 fully saturated rings. The number of aryl methyl sites for hydroxylation is 1. The number of likely N-dealkylation sites (tertiary alicyclic amines) is 1. The maximum Gasteiger partial charge on any atom is 0.416 e. The van der Waals surface area contributed by atoms with Gasteiger partial charge in [-0.15, -0.1) is 0 Å². The molecule has 176 valence electrons. The summed E-state index contributed by atoms with van der Waals surface area (Å²) < 4.78 is 39.1. The Bertz CT molecular complexity index is 1020. The third-order valence-corrected chi connectivity index (χ3v) is 7.60. The summed E-state index contributed by atoms with van der Waals surface area (Å²) in [5.74, 6) is 0.0315. The molecule has 1 amide bonds. The number of aliphatic hydroxyl groups is 1. The van der Waals surface area contributed by atoms with Crippen molar-refractivity contribution in [3.8, 4) is 0 Å². The van der Waals surface area contributed by atoms with Crippen molar-refractivity contribution in [1.82, 2.24) is 10.2 Å². The van der Waals surface area contributed by atoms with Gasteiger partial charge in [-0.25, -0.2) is 0 Å². The summed E-state index contributed by atoms with van der Waals surface area (Å²) >= 11 is 0. The summed E-state index contributed by atoms with van der Waals surface area (Å²) in [5, 5.41) is 13.9. The van der Waals surface area contributed by atoms with Crippen molar-refractivity contribution in [3.63, 3.8) is 0 Å². The van der Waals surface area contributed by atoms with Gasteiger partial charge in [0.2, 0.25) is 5.91 Å². The van der Waals surface area contributed by atoms with Crippen molar-refractivity contribution >= 4 is 11.6 Å². The Balaban J connectivity index is 1.25. The SMILES string of the molecule is O=C1NCN(c2ccccc2)C12CCN(CC1CCc3cc(C(F)(F)F)ccc3C1O)CC2. The fourth-order valence-electron chi connectivity index (χ4n) is 5.70. The van der Waals surface area contributed by atoms with Gasteiger partial charge >= 0.3 is 6.18 Å². The van der Waals surface area contributed by atoms with Gasteiger partial charge in [0.1, 0.15) is 5.54 Å². The number of aliphatic hydroxyl groups excluding tert-OH is 1. The lowest BCUT2D eigenvalue weighted by molar-refractivity contribution is -0.137. The first-order valence-corrected chi connectivity index (χ1v) is 11.5. The van der Waals surface area contributed by atoms with E-state index in [4.69, 9.17) is 0 Å². The van der Waals surface area contributed by atoms with Gasteiger partial charge in [0.05, 0.1) is 18.3 Å². The fourth-order valence-corrected chi connectivity index (χ4v) is 5.70. The number of nitrogens with one attached hydrogen (secondary N) is 1. The minimum atomic E-state index is -4.37. The number of hydrogen-bond donors (Lipinski definition) is 2. The zero-order valence-electron chi connectivity index (χ0n) is 18.3. The number of hydrogen-bond acceptors (Lipinski definition) is 4. The Morgan fingerprint density at radius 3 is 2.52 bits per heavy atom. The molecule has 5 rings (SSSR count). The van der Waals surface area contributed by atoms with Crippen LogP contribution in [0, 0.1) is 5.92 Å². The van der Waals surface area contributed by atoms with Crippen molar-refractivity contribution < 1.29 is 23.1 Å². The molecule has 5 nitrogen and oxygen atoms in total. The molecule has 0 saturated carbocycles. The number of carbonyl (C=O) groups is 1. The van der Waals surface area contributed by atoms with Gasteiger partial charge in [0.25, 0.3) is 0 Å². The number of carbonyl (C=O) groups excluding carboxylic acids is 1. The second-order valence-corrected chi connectivity index (χ2v) is 9.41. The highest BCUT2D eigenvalue weighted by molar-refractivity contribution is 5.93. The molecule has 1 aliphatic carbocycles. The minimum absolute atomic E-state index is 0.0362. The van der Waals surface area contributed by atoms with E-state index in [1.165, 1.54) is 12.1 Å². The number of nitrogens with zero attached hydrogens (tertiary/aromatic N) is 2. The molecule has 2 aliphatic heterocycles. The zero-order chi connectivity index (χ0) is 23.2. The predicted octanol–water partition coefficient (Wildman–Crippen LogP) is 3.73. The monoisotopic (exact) mass is 459 g/mol. The zero-order valence-corrected chi connectivity index (χ0v) is 18.3. The first-order valence-electron chi connectivity index (χ1n) is 11.5. The Morgan fingerprint density at radius 2 is 1.82 bits per heavy atom. The predicted molar refractivity (Wildman–Crippen MR) is 119 cm³/mol. The van der Waals surface area contributed by atoms with E-state index in [1.54, 1.807) is 0 Å². The van der Waals surface area contributed by atoms with Gasteiger partial charge in [-0.3, -0.25) is 4.79 Å². The third kappa shape index (κ3) is 3.99. The lowest BCUT2D eigenvalue weighted by atomic mass is 9.79. The molecule has 0 bridgehead atoms. The van der Waals surface area contributed by atoms with Crippen LogP contribution in [0.25, 0.3) is 0 Å². The van der Waals surface area contributed by atoms with E-state index < -0.39 is 23.4 Å². The largest absolute Gasteiger partial charge is 0.416 e. The highest BCUT2D eigenvalue weighted by atomic mass is 19.4. The molecule has 2 unspecified atom stereocenters. The number of piperidine rings is 1. The van der Waals surface area contributed by atoms with E-state index in [2.05, 4.69) is 15.1 Å². The van der Waals surface area contributed by atoms with Gasteiger partial charge in [-0.05, 0) is 61.1 Å². The van der Waals surface area contributed by atoms with Crippen LogP contribution in [-0.4, -0.2) is 47.8 Å². The van der Waals surface area contributed by atoms with Crippen LogP contribution >= 0.6 is 0 Å². The number of anilines is 1. The lowest BCUT2D eigenvalue weighted by Crippen LogP contribution is -2.57. The Kier molecular flexibility index (Phi) is 5.61. The first kappa shape index (κ1) is 22.2. The normalized spacial score (nSPS) is 25.2. The molecule has 2 aromatic carbocycles. The quantitative estimate of drug-likeness (QED) is 0.735. The number of amides is 1. The molecule has 33 heavy (non-hydrogen) atoms. The second kappa shape index (κ2) is 8.33. The van der Waals surface area contributed by atoms with E-state index in [1.807, 2.05) is 30.3 Å². The molecule has 3 aliphatic rings. The first-order chi connectivity index (χ1) is 15.8. The summed E-state index contributed by atoms with van der Waals surface area (Å²) in [4.78, 5) is 17.3. The second-order valence-electron chi connectivity index (χ2n) is 9.41. The smallest absolute Gasteiger partial charge is 0.388 e. The summed E-state index contributed by atoms with van der Waals surface area (Å²) in [6.07, 6.45) is -2.58. The van der Waals surface area contributed by atoms with Crippen LogP contribution in [0.1, 0.15) is 42.1 Å². The number of alkyl halides is 3. The van der Waals surface area contributed by atoms with Gasteiger partial charge in [-0.1, -0.05) is 24.3 Å². The Hall–Kier alpha value is -2.58. The molecule has 0 radical (unpaired) electrons. The summed E-state index contributed by atoms with van der Waals surface area (Å²) in [7, 11) is 0. The van der Waals surface area contributed by atoms with Gasteiger partial charge in [0.15, 0.2) is 0 Å². The molecule has 0 aromatic heterocycles. The number of fused-ring (bicyclic) bond motifs is 1. The van der Waals surface area contributed by atoms with E-state index >= 15 is 0 Å². The highest BCUT2D eigenvalue weighted by Gasteiger charge is 2.50. The molecule has 2 atom stereocenters. The lowest BCUT2D eigenvalue weighted by Gasteiger charge is -2.44.